The Morgan fingerprint density at radius 3 is 3.04 bits per heavy atom. The van der Waals surface area contributed by atoms with Crippen molar-refractivity contribution in [3.05, 3.63) is 47.3 Å². The molecule has 2 aromatic rings. The summed E-state index contributed by atoms with van der Waals surface area (Å²) < 4.78 is 0. The van der Waals surface area contributed by atoms with Crippen LogP contribution in [-0.2, 0) is 13.0 Å². The Morgan fingerprint density at radius 1 is 1.26 bits per heavy atom. The first-order chi connectivity index (χ1) is 11.3. The molecule has 0 saturated carbocycles. The molecule has 0 aromatic carbocycles. The molecule has 124 valence electrons. The minimum atomic E-state index is 0.444. The molecule has 0 fully saturated rings. The van der Waals surface area contributed by atoms with Crippen LogP contribution in [0.25, 0.3) is 0 Å². The highest BCUT2D eigenvalue weighted by Crippen LogP contribution is 2.27. The topological polar surface area (TPSA) is 65.6 Å². The largest absolute Gasteiger partial charge is 0.345 e. The lowest BCUT2D eigenvalue weighted by Crippen LogP contribution is -2.27. The van der Waals surface area contributed by atoms with Crippen LogP contribution in [-0.4, -0.2) is 28.0 Å². The number of imidazole rings is 1. The molecular formula is C18H27N5. The van der Waals surface area contributed by atoms with Gasteiger partial charge in [0, 0.05) is 24.1 Å². The van der Waals surface area contributed by atoms with Crippen molar-refractivity contribution in [2.75, 3.05) is 13.1 Å². The van der Waals surface area contributed by atoms with E-state index in [0.717, 1.165) is 31.2 Å². The van der Waals surface area contributed by atoms with E-state index in [-0.39, 0.29) is 0 Å². The SMILES string of the molecule is Cc1cnc(CNCCCCNC2CCCc3cccnc32)[nH]1. The van der Waals surface area contributed by atoms with Crippen LogP contribution in [0.5, 0.6) is 0 Å². The summed E-state index contributed by atoms with van der Waals surface area (Å²) in [4.78, 5) is 12.1. The highest BCUT2D eigenvalue weighted by Gasteiger charge is 2.20. The van der Waals surface area contributed by atoms with Crippen molar-refractivity contribution in [2.45, 2.75) is 51.6 Å². The fourth-order valence-corrected chi connectivity index (χ4v) is 3.22. The number of nitrogens with one attached hydrogen (secondary N) is 3. The van der Waals surface area contributed by atoms with Gasteiger partial charge in [0.2, 0.25) is 0 Å². The van der Waals surface area contributed by atoms with E-state index in [0.29, 0.717) is 6.04 Å². The Bertz CT molecular complexity index is 607. The van der Waals surface area contributed by atoms with Crippen molar-refractivity contribution in [1.29, 1.82) is 0 Å². The minimum absolute atomic E-state index is 0.444. The van der Waals surface area contributed by atoms with Crippen LogP contribution < -0.4 is 10.6 Å². The maximum Gasteiger partial charge on any atom is 0.120 e. The van der Waals surface area contributed by atoms with Gasteiger partial charge in [-0.1, -0.05) is 6.07 Å². The molecule has 1 aliphatic carbocycles. The minimum Gasteiger partial charge on any atom is -0.345 e. The van der Waals surface area contributed by atoms with Crippen molar-refractivity contribution >= 4 is 0 Å². The zero-order valence-corrected chi connectivity index (χ0v) is 13.9. The summed E-state index contributed by atoms with van der Waals surface area (Å²) in [7, 11) is 0. The van der Waals surface area contributed by atoms with Gasteiger partial charge < -0.3 is 15.6 Å². The van der Waals surface area contributed by atoms with Gasteiger partial charge in [0.25, 0.3) is 0 Å². The third-order valence-corrected chi connectivity index (χ3v) is 4.41. The number of aromatic amines is 1. The van der Waals surface area contributed by atoms with Gasteiger partial charge in [-0.3, -0.25) is 4.98 Å². The smallest absolute Gasteiger partial charge is 0.120 e. The van der Waals surface area contributed by atoms with E-state index < -0.39 is 0 Å². The van der Waals surface area contributed by atoms with Crippen LogP contribution >= 0.6 is 0 Å². The highest BCUT2D eigenvalue weighted by atomic mass is 15.0. The number of unbranched alkanes of at least 4 members (excludes halogenated alkanes) is 1. The predicted octanol–water partition coefficient (Wildman–Crippen LogP) is 2.65. The maximum absolute atomic E-state index is 4.58. The van der Waals surface area contributed by atoms with Crippen molar-refractivity contribution in [3.63, 3.8) is 0 Å². The first kappa shape index (κ1) is 16.1. The summed E-state index contributed by atoms with van der Waals surface area (Å²) in [5, 5.41) is 7.12. The van der Waals surface area contributed by atoms with Gasteiger partial charge in [-0.05, 0) is 63.7 Å². The van der Waals surface area contributed by atoms with E-state index in [1.54, 1.807) is 0 Å². The lowest BCUT2D eigenvalue weighted by atomic mass is 9.92. The molecule has 5 heteroatoms. The number of H-pyrrole nitrogens is 1. The highest BCUT2D eigenvalue weighted by molar-refractivity contribution is 5.25. The number of fused-ring (bicyclic) bond motifs is 1. The molecule has 1 atom stereocenters. The van der Waals surface area contributed by atoms with E-state index in [1.807, 2.05) is 25.4 Å². The molecule has 0 radical (unpaired) electrons. The Kier molecular flexibility index (Phi) is 5.77. The van der Waals surface area contributed by atoms with Gasteiger partial charge in [-0.2, -0.15) is 0 Å². The Morgan fingerprint density at radius 2 is 2.17 bits per heavy atom. The molecule has 23 heavy (non-hydrogen) atoms. The lowest BCUT2D eigenvalue weighted by molar-refractivity contribution is 0.439. The average Bonchev–Trinajstić information content (AvgIpc) is 2.99. The van der Waals surface area contributed by atoms with Crippen LogP contribution in [0.15, 0.2) is 24.5 Å². The van der Waals surface area contributed by atoms with Gasteiger partial charge >= 0.3 is 0 Å². The van der Waals surface area contributed by atoms with Crippen LogP contribution in [0, 0.1) is 6.92 Å². The van der Waals surface area contributed by atoms with Crippen LogP contribution in [0.2, 0.25) is 0 Å². The summed E-state index contributed by atoms with van der Waals surface area (Å²) in [5.41, 5.74) is 3.81. The normalized spacial score (nSPS) is 17.2. The third kappa shape index (κ3) is 4.62. The van der Waals surface area contributed by atoms with Gasteiger partial charge in [0.15, 0.2) is 0 Å². The average molecular weight is 313 g/mol. The van der Waals surface area contributed by atoms with Crippen LogP contribution in [0.4, 0.5) is 0 Å². The zero-order chi connectivity index (χ0) is 15.9. The van der Waals surface area contributed by atoms with Crippen LogP contribution in [0.1, 0.15) is 54.5 Å². The molecule has 0 aliphatic heterocycles. The number of rotatable bonds is 8. The number of nitrogens with zero attached hydrogens (tertiary/aromatic N) is 2. The number of pyridine rings is 1. The number of hydrogen-bond acceptors (Lipinski definition) is 4. The third-order valence-electron chi connectivity index (χ3n) is 4.41. The predicted molar refractivity (Wildman–Crippen MR) is 92.2 cm³/mol. The van der Waals surface area contributed by atoms with Crippen molar-refractivity contribution in [2.24, 2.45) is 0 Å². The quantitative estimate of drug-likeness (QED) is 0.656. The molecule has 3 rings (SSSR count). The lowest BCUT2D eigenvalue weighted by Gasteiger charge is -2.25. The second kappa shape index (κ2) is 8.22. The molecule has 5 nitrogen and oxygen atoms in total. The monoisotopic (exact) mass is 313 g/mol. The van der Waals surface area contributed by atoms with Gasteiger partial charge in [0.05, 0.1) is 12.2 Å². The Balaban J connectivity index is 1.30. The Hall–Kier alpha value is -1.72. The maximum atomic E-state index is 4.58. The molecule has 2 heterocycles. The molecule has 0 bridgehead atoms. The van der Waals surface area contributed by atoms with Gasteiger partial charge in [0.1, 0.15) is 5.82 Å². The summed E-state index contributed by atoms with van der Waals surface area (Å²) >= 11 is 0. The van der Waals surface area contributed by atoms with Crippen molar-refractivity contribution in [1.82, 2.24) is 25.6 Å². The van der Waals surface area contributed by atoms with Gasteiger partial charge in [-0.15, -0.1) is 0 Å². The number of hydrogen-bond donors (Lipinski definition) is 3. The van der Waals surface area contributed by atoms with Gasteiger partial charge in [-0.25, -0.2) is 4.98 Å². The van der Waals surface area contributed by atoms with Crippen molar-refractivity contribution in [3.8, 4) is 0 Å². The molecule has 1 unspecified atom stereocenters. The molecular weight excluding hydrogens is 286 g/mol. The molecule has 2 aromatic heterocycles. The number of aryl methyl sites for hydroxylation is 2. The van der Waals surface area contributed by atoms with Crippen molar-refractivity contribution < 1.29 is 0 Å². The van der Waals surface area contributed by atoms with E-state index in [9.17, 15) is 0 Å². The fraction of sp³-hybridized carbons (Fsp3) is 0.556. The first-order valence-corrected chi connectivity index (χ1v) is 8.71. The second-order valence-corrected chi connectivity index (χ2v) is 6.34. The summed E-state index contributed by atoms with van der Waals surface area (Å²) in [6.07, 6.45) is 9.80. The second-order valence-electron chi connectivity index (χ2n) is 6.34. The summed E-state index contributed by atoms with van der Waals surface area (Å²) in [6.45, 7) is 4.94. The molecule has 1 aliphatic rings. The first-order valence-electron chi connectivity index (χ1n) is 8.71. The zero-order valence-electron chi connectivity index (χ0n) is 13.9. The molecule has 0 amide bonds. The van der Waals surface area contributed by atoms with E-state index in [1.165, 1.54) is 43.4 Å². The van der Waals surface area contributed by atoms with E-state index in [4.69, 9.17) is 0 Å². The van der Waals surface area contributed by atoms with E-state index in [2.05, 4.69) is 31.7 Å². The van der Waals surface area contributed by atoms with Crippen LogP contribution in [0.3, 0.4) is 0 Å². The number of aromatic nitrogens is 3. The summed E-state index contributed by atoms with van der Waals surface area (Å²) in [5.74, 6) is 1.02. The molecule has 0 spiro atoms. The van der Waals surface area contributed by atoms with E-state index >= 15 is 0 Å². The summed E-state index contributed by atoms with van der Waals surface area (Å²) in [6, 6.07) is 4.71. The Labute approximate surface area is 138 Å². The fourth-order valence-electron chi connectivity index (χ4n) is 3.22. The molecule has 0 saturated heterocycles. The standard InChI is InChI=1S/C18H27N5/c1-14-12-22-17(23-14)13-19-9-2-3-10-20-16-8-4-6-15-7-5-11-21-18(15)16/h5,7,11-12,16,19-20H,2-4,6,8-10,13H2,1H3,(H,22,23). The molecule has 3 N–H and O–H groups in total.